The summed E-state index contributed by atoms with van der Waals surface area (Å²) < 4.78 is 5.00. The van der Waals surface area contributed by atoms with Crippen molar-refractivity contribution in [3.8, 4) is 0 Å². The zero-order chi connectivity index (χ0) is 16.1. The molecule has 1 saturated heterocycles. The van der Waals surface area contributed by atoms with Crippen LogP contribution < -0.4 is 4.90 Å². The van der Waals surface area contributed by atoms with Crippen LogP contribution in [-0.2, 0) is 16.0 Å². The summed E-state index contributed by atoms with van der Waals surface area (Å²) in [6.45, 7) is 2.29. The molecule has 1 fully saturated rings. The first-order chi connectivity index (χ1) is 11.3. The fourth-order valence-corrected chi connectivity index (χ4v) is 3.22. The second-order valence-electron chi connectivity index (χ2n) is 6.05. The Morgan fingerprint density at radius 2 is 1.70 bits per heavy atom. The van der Waals surface area contributed by atoms with E-state index in [0.717, 1.165) is 24.2 Å². The Bertz CT molecular complexity index is 630. The van der Waals surface area contributed by atoms with Gasteiger partial charge in [-0.15, -0.1) is 0 Å². The first kappa shape index (κ1) is 15.6. The van der Waals surface area contributed by atoms with E-state index in [1.165, 1.54) is 25.6 Å². The number of carbonyl (C=O) groups excluding carboxylic acids is 1. The predicted octanol–water partition coefficient (Wildman–Crippen LogP) is 3.79. The van der Waals surface area contributed by atoms with Crippen LogP contribution in [0.2, 0.25) is 0 Å². The Kier molecular flexibility index (Phi) is 4.96. The summed E-state index contributed by atoms with van der Waals surface area (Å²) >= 11 is 0. The third-order valence-corrected chi connectivity index (χ3v) is 4.54. The van der Waals surface area contributed by atoms with E-state index in [-0.39, 0.29) is 11.9 Å². The molecule has 1 aliphatic rings. The Morgan fingerprint density at radius 3 is 2.30 bits per heavy atom. The summed E-state index contributed by atoms with van der Waals surface area (Å²) in [6.07, 6.45) is 3.22. The Labute approximate surface area is 137 Å². The summed E-state index contributed by atoms with van der Waals surface area (Å²) in [5.74, 6) is -0.432. The molecule has 120 valence electrons. The molecule has 3 rings (SSSR count). The van der Waals surface area contributed by atoms with Crippen LogP contribution in [0.1, 0.15) is 29.9 Å². The molecule has 1 unspecified atom stereocenters. The molecule has 0 aliphatic carbocycles. The molecule has 0 aromatic heterocycles. The van der Waals surface area contributed by atoms with E-state index in [1.54, 1.807) is 0 Å². The van der Waals surface area contributed by atoms with Gasteiger partial charge in [0, 0.05) is 18.8 Å². The molecular formula is C20H23NO2. The summed E-state index contributed by atoms with van der Waals surface area (Å²) in [7, 11) is 1.45. The quantitative estimate of drug-likeness (QED) is 0.787. The van der Waals surface area contributed by atoms with Gasteiger partial charge in [0.25, 0.3) is 0 Å². The fraction of sp³-hybridized carbons (Fsp3) is 0.350. The molecule has 0 bridgehead atoms. The van der Waals surface area contributed by atoms with E-state index >= 15 is 0 Å². The fourth-order valence-electron chi connectivity index (χ4n) is 3.22. The topological polar surface area (TPSA) is 29.5 Å². The Morgan fingerprint density at radius 1 is 1.04 bits per heavy atom. The van der Waals surface area contributed by atoms with Crippen molar-refractivity contribution in [3.05, 3.63) is 65.7 Å². The second kappa shape index (κ2) is 7.32. The van der Waals surface area contributed by atoms with Gasteiger partial charge in [-0.1, -0.05) is 42.5 Å². The summed E-state index contributed by atoms with van der Waals surface area (Å²) in [5, 5.41) is 0. The molecule has 2 aromatic rings. The van der Waals surface area contributed by atoms with E-state index in [2.05, 4.69) is 29.2 Å². The number of hydrogen-bond acceptors (Lipinski definition) is 3. The molecule has 1 heterocycles. The number of hydrogen-bond donors (Lipinski definition) is 0. The maximum absolute atomic E-state index is 12.2. The number of methoxy groups -OCH3 is 1. The zero-order valence-electron chi connectivity index (χ0n) is 13.6. The number of carbonyl (C=O) groups is 1. The van der Waals surface area contributed by atoms with Crippen LogP contribution in [0.4, 0.5) is 5.69 Å². The minimum absolute atomic E-state index is 0.181. The van der Waals surface area contributed by atoms with Crippen molar-refractivity contribution >= 4 is 11.7 Å². The molecule has 3 heteroatoms. The summed E-state index contributed by atoms with van der Waals surface area (Å²) in [5.41, 5.74) is 3.44. The van der Waals surface area contributed by atoms with Gasteiger partial charge >= 0.3 is 5.97 Å². The number of esters is 1. The molecule has 0 saturated carbocycles. The minimum Gasteiger partial charge on any atom is -0.469 e. The van der Waals surface area contributed by atoms with E-state index in [9.17, 15) is 4.79 Å². The van der Waals surface area contributed by atoms with Crippen molar-refractivity contribution in [2.24, 2.45) is 0 Å². The van der Waals surface area contributed by atoms with Crippen LogP contribution in [-0.4, -0.2) is 26.2 Å². The van der Waals surface area contributed by atoms with Gasteiger partial charge in [0.05, 0.1) is 13.0 Å². The van der Waals surface area contributed by atoms with E-state index in [1.807, 2.05) is 30.3 Å². The average Bonchev–Trinajstić information content (AvgIpc) is 3.15. The maximum Gasteiger partial charge on any atom is 0.313 e. The molecule has 1 atom stereocenters. The van der Waals surface area contributed by atoms with Crippen LogP contribution in [0.15, 0.2) is 54.6 Å². The molecule has 1 aliphatic heterocycles. The first-order valence-electron chi connectivity index (χ1n) is 8.24. The maximum atomic E-state index is 12.2. The van der Waals surface area contributed by atoms with E-state index in [4.69, 9.17) is 4.74 Å². The van der Waals surface area contributed by atoms with Crippen molar-refractivity contribution in [1.29, 1.82) is 0 Å². The third kappa shape index (κ3) is 3.73. The number of anilines is 1. The van der Waals surface area contributed by atoms with Gasteiger partial charge in [-0.2, -0.15) is 0 Å². The number of benzene rings is 2. The lowest BCUT2D eigenvalue weighted by Crippen LogP contribution is -2.18. The highest BCUT2D eigenvalue weighted by molar-refractivity contribution is 5.78. The van der Waals surface area contributed by atoms with Gasteiger partial charge in [0.2, 0.25) is 0 Å². The Hall–Kier alpha value is -2.29. The van der Waals surface area contributed by atoms with Gasteiger partial charge in [0.1, 0.15) is 0 Å². The largest absolute Gasteiger partial charge is 0.469 e. The van der Waals surface area contributed by atoms with Crippen LogP contribution in [0, 0.1) is 0 Å². The normalized spacial score (nSPS) is 15.4. The van der Waals surface area contributed by atoms with Gasteiger partial charge in [-0.3, -0.25) is 4.79 Å². The van der Waals surface area contributed by atoms with Crippen LogP contribution in [0.5, 0.6) is 0 Å². The lowest BCUT2D eigenvalue weighted by molar-refractivity contribution is -0.142. The molecule has 23 heavy (non-hydrogen) atoms. The highest BCUT2D eigenvalue weighted by Gasteiger charge is 2.22. The van der Waals surface area contributed by atoms with Crippen molar-refractivity contribution in [1.82, 2.24) is 0 Å². The minimum atomic E-state index is -0.251. The van der Waals surface area contributed by atoms with E-state index in [0.29, 0.717) is 6.42 Å². The highest BCUT2D eigenvalue weighted by Crippen LogP contribution is 2.25. The highest BCUT2D eigenvalue weighted by atomic mass is 16.5. The molecule has 0 amide bonds. The molecule has 3 nitrogen and oxygen atoms in total. The van der Waals surface area contributed by atoms with Gasteiger partial charge in [-0.25, -0.2) is 0 Å². The SMILES string of the molecule is COC(=O)C(Cc1ccc(N2CCCC2)cc1)c1ccccc1. The first-order valence-corrected chi connectivity index (χ1v) is 8.24. The van der Waals surface area contributed by atoms with Crippen molar-refractivity contribution < 1.29 is 9.53 Å². The van der Waals surface area contributed by atoms with Crippen LogP contribution in [0.3, 0.4) is 0 Å². The van der Waals surface area contributed by atoms with Crippen molar-refractivity contribution in [2.75, 3.05) is 25.1 Å². The molecule has 0 spiro atoms. The Balaban J connectivity index is 1.76. The molecule has 0 N–H and O–H groups in total. The second-order valence-corrected chi connectivity index (χ2v) is 6.05. The number of ether oxygens (including phenoxy) is 1. The third-order valence-electron chi connectivity index (χ3n) is 4.54. The summed E-state index contributed by atoms with van der Waals surface area (Å²) in [4.78, 5) is 14.6. The molecule has 2 aromatic carbocycles. The van der Waals surface area contributed by atoms with E-state index < -0.39 is 0 Å². The monoisotopic (exact) mass is 309 g/mol. The van der Waals surface area contributed by atoms with Crippen LogP contribution in [0.25, 0.3) is 0 Å². The lowest BCUT2D eigenvalue weighted by atomic mass is 9.92. The van der Waals surface area contributed by atoms with Gasteiger partial charge in [0.15, 0.2) is 0 Å². The smallest absolute Gasteiger partial charge is 0.313 e. The predicted molar refractivity (Wildman–Crippen MR) is 92.8 cm³/mol. The average molecular weight is 309 g/mol. The lowest BCUT2D eigenvalue weighted by Gasteiger charge is -2.19. The van der Waals surface area contributed by atoms with Crippen molar-refractivity contribution in [2.45, 2.75) is 25.2 Å². The van der Waals surface area contributed by atoms with Crippen molar-refractivity contribution in [3.63, 3.8) is 0 Å². The molecule has 0 radical (unpaired) electrons. The standard InChI is InChI=1S/C20H23NO2/c1-23-20(22)19(17-7-3-2-4-8-17)15-16-9-11-18(12-10-16)21-13-5-6-14-21/h2-4,7-12,19H,5-6,13-15H2,1H3. The number of nitrogens with zero attached hydrogens (tertiary/aromatic N) is 1. The van der Waals surface area contributed by atoms with Gasteiger partial charge in [-0.05, 0) is 42.5 Å². The number of rotatable bonds is 5. The molecular weight excluding hydrogens is 286 g/mol. The summed E-state index contributed by atoms with van der Waals surface area (Å²) in [6, 6.07) is 18.4. The van der Waals surface area contributed by atoms with Crippen LogP contribution >= 0.6 is 0 Å². The zero-order valence-corrected chi connectivity index (χ0v) is 13.6. The van der Waals surface area contributed by atoms with Gasteiger partial charge < -0.3 is 9.64 Å².